The molecule has 0 aromatic rings. The van der Waals surface area contributed by atoms with Gasteiger partial charge < -0.3 is 25.0 Å². The summed E-state index contributed by atoms with van der Waals surface area (Å²) in [6.45, 7) is 4.30. The molecule has 0 bridgehead atoms. The Kier molecular flexibility index (Phi) is 32.7. The van der Waals surface area contributed by atoms with Crippen LogP contribution in [0.5, 0.6) is 0 Å². The van der Waals surface area contributed by atoms with Crippen LogP contribution in [0.2, 0.25) is 0 Å². The van der Waals surface area contributed by atoms with E-state index in [9.17, 15) is 15.0 Å². The van der Waals surface area contributed by atoms with Crippen molar-refractivity contribution in [1.82, 2.24) is 5.32 Å². The van der Waals surface area contributed by atoms with Crippen molar-refractivity contribution in [2.75, 3.05) is 20.5 Å². The van der Waals surface area contributed by atoms with E-state index in [4.69, 9.17) is 9.47 Å². The molecule has 0 rings (SSSR count). The quantitative estimate of drug-likeness (QED) is 0.0506. The highest BCUT2D eigenvalue weighted by molar-refractivity contribution is 5.76. The van der Waals surface area contributed by atoms with Crippen LogP contribution >= 0.6 is 0 Å². The van der Waals surface area contributed by atoms with Gasteiger partial charge >= 0.3 is 0 Å². The van der Waals surface area contributed by atoms with Gasteiger partial charge in [-0.15, -0.1) is 0 Å². The second-order valence-electron chi connectivity index (χ2n) is 12.6. The molecule has 0 fully saturated rings. The number of unbranched alkanes of at least 4 members (excludes halogenated alkanes) is 23. The normalized spacial score (nSPS) is 13.7. The number of hydrogen-bond donors (Lipinski definition) is 3. The SMILES string of the molecule is CCCCCCCCCCCCCCCC(=O)N[C@@H](CO)[C@H](O)[C@H](CCCCCCCCCCCCCC)OCOC. The maximum atomic E-state index is 12.5. The van der Waals surface area contributed by atoms with Gasteiger partial charge in [0.15, 0.2) is 0 Å². The van der Waals surface area contributed by atoms with Crippen molar-refractivity contribution < 1.29 is 24.5 Å². The summed E-state index contributed by atoms with van der Waals surface area (Å²) in [7, 11) is 1.56. The molecule has 3 N–H and O–H groups in total. The highest BCUT2D eigenvalue weighted by atomic mass is 16.7. The molecule has 0 aromatic carbocycles. The number of rotatable bonds is 34. The van der Waals surface area contributed by atoms with Crippen LogP contribution in [0.1, 0.15) is 187 Å². The Hall–Kier alpha value is -0.690. The first-order valence-corrected chi connectivity index (χ1v) is 18.3. The lowest BCUT2D eigenvalue weighted by Crippen LogP contribution is -2.51. The molecule has 252 valence electrons. The number of carbonyl (C=O) groups excluding carboxylic acids is 1. The van der Waals surface area contributed by atoms with Crippen LogP contribution in [0.15, 0.2) is 0 Å². The fourth-order valence-corrected chi connectivity index (χ4v) is 5.78. The summed E-state index contributed by atoms with van der Waals surface area (Å²) in [5.74, 6) is -0.105. The largest absolute Gasteiger partial charge is 0.394 e. The molecule has 0 spiro atoms. The van der Waals surface area contributed by atoms with Gasteiger partial charge in [0.1, 0.15) is 12.9 Å². The van der Waals surface area contributed by atoms with E-state index < -0.39 is 18.2 Å². The predicted octanol–water partition coefficient (Wildman–Crippen LogP) is 9.39. The highest BCUT2D eigenvalue weighted by Gasteiger charge is 2.29. The van der Waals surface area contributed by atoms with Gasteiger partial charge in [0.05, 0.1) is 18.8 Å². The third-order valence-electron chi connectivity index (χ3n) is 8.59. The third kappa shape index (κ3) is 26.9. The maximum Gasteiger partial charge on any atom is 0.220 e. The molecule has 0 aliphatic rings. The molecule has 0 unspecified atom stereocenters. The van der Waals surface area contributed by atoms with Crippen molar-refractivity contribution in [3.8, 4) is 0 Å². The predicted molar refractivity (Wildman–Crippen MR) is 178 cm³/mol. The molecular formula is C36H73NO5. The smallest absolute Gasteiger partial charge is 0.220 e. The summed E-state index contributed by atoms with van der Waals surface area (Å²) < 4.78 is 10.8. The standard InChI is InChI=1S/C36H73NO5/c1-4-6-8-10-12-14-16-18-20-22-24-26-28-30-35(39)37-33(31-38)36(40)34(42-32-41-3)29-27-25-23-21-19-17-15-13-11-9-7-5-2/h33-34,36,38,40H,4-32H2,1-3H3,(H,37,39)/t33-,34-,36-/m0/s1. The molecule has 0 aliphatic carbocycles. The Morgan fingerprint density at radius 3 is 1.38 bits per heavy atom. The number of ether oxygens (including phenoxy) is 2. The Labute approximate surface area is 261 Å². The Balaban J connectivity index is 4.03. The van der Waals surface area contributed by atoms with E-state index >= 15 is 0 Å². The monoisotopic (exact) mass is 600 g/mol. The number of methoxy groups -OCH3 is 1. The summed E-state index contributed by atoms with van der Waals surface area (Å²) in [5, 5.41) is 23.7. The van der Waals surface area contributed by atoms with Crippen LogP contribution in [0.4, 0.5) is 0 Å². The fourth-order valence-electron chi connectivity index (χ4n) is 5.78. The van der Waals surface area contributed by atoms with E-state index in [2.05, 4.69) is 19.2 Å². The first-order valence-electron chi connectivity index (χ1n) is 18.3. The van der Waals surface area contributed by atoms with Gasteiger partial charge in [0, 0.05) is 13.5 Å². The van der Waals surface area contributed by atoms with Crippen LogP contribution in [-0.2, 0) is 14.3 Å². The number of aliphatic hydroxyl groups is 2. The number of hydrogen-bond acceptors (Lipinski definition) is 5. The first kappa shape index (κ1) is 41.3. The van der Waals surface area contributed by atoms with Gasteiger partial charge in [0.25, 0.3) is 0 Å². The van der Waals surface area contributed by atoms with Crippen LogP contribution in [0.3, 0.4) is 0 Å². The van der Waals surface area contributed by atoms with Crippen LogP contribution < -0.4 is 5.32 Å². The summed E-state index contributed by atoms with van der Waals surface area (Å²) in [4.78, 5) is 12.5. The van der Waals surface area contributed by atoms with E-state index in [1.165, 1.54) is 135 Å². The van der Waals surface area contributed by atoms with Gasteiger partial charge in [-0.25, -0.2) is 0 Å². The number of carbonyl (C=O) groups is 1. The average Bonchev–Trinajstić information content (AvgIpc) is 3.00. The minimum absolute atomic E-state index is 0.0883. The second-order valence-corrected chi connectivity index (χ2v) is 12.6. The Bertz CT molecular complexity index is 547. The molecular weight excluding hydrogens is 526 g/mol. The molecule has 6 heteroatoms. The van der Waals surface area contributed by atoms with Crippen molar-refractivity contribution in [2.24, 2.45) is 0 Å². The number of nitrogens with one attached hydrogen (secondary N) is 1. The van der Waals surface area contributed by atoms with E-state index in [1.807, 2.05) is 0 Å². The van der Waals surface area contributed by atoms with Gasteiger partial charge in [-0.05, 0) is 12.8 Å². The zero-order chi connectivity index (χ0) is 30.9. The van der Waals surface area contributed by atoms with Crippen LogP contribution in [-0.4, -0.2) is 54.9 Å². The number of amides is 1. The molecule has 0 saturated carbocycles. The maximum absolute atomic E-state index is 12.5. The summed E-state index contributed by atoms with van der Waals surface area (Å²) in [6, 6.07) is -0.723. The summed E-state index contributed by atoms with van der Waals surface area (Å²) in [5.41, 5.74) is 0. The molecule has 1 amide bonds. The average molecular weight is 600 g/mol. The van der Waals surface area contributed by atoms with Crippen molar-refractivity contribution in [3.63, 3.8) is 0 Å². The van der Waals surface area contributed by atoms with Gasteiger partial charge in [-0.3, -0.25) is 4.79 Å². The van der Waals surface area contributed by atoms with Gasteiger partial charge in [-0.2, -0.15) is 0 Å². The molecule has 3 atom stereocenters. The molecule has 42 heavy (non-hydrogen) atoms. The summed E-state index contributed by atoms with van der Waals surface area (Å²) >= 11 is 0. The molecule has 0 radical (unpaired) electrons. The zero-order valence-electron chi connectivity index (χ0n) is 28.4. The minimum Gasteiger partial charge on any atom is -0.394 e. The van der Waals surface area contributed by atoms with Crippen molar-refractivity contribution in [3.05, 3.63) is 0 Å². The molecule has 6 nitrogen and oxygen atoms in total. The minimum atomic E-state index is -0.964. The van der Waals surface area contributed by atoms with Crippen molar-refractivity contribution in [1.29, 1.82) is 0 Å². The number of aliphatic hydroxyl groups excluding tert-OH is 2. The zero-order valence-corrected chi connectivity index (χ0v) is 28.4. The second kappa shape index (κ2) is 33.2. The van der Waals surface area contributed by atoms with Crippen LogP contribution in [0, 0.1) is 0 Å². The Morgan fingerprint density at radius 1 is 0.619 bits per heavy atom. The third-order valence-corrected chi connectivity index (χ3v) is 8.59. The molecule has 0 saturated heterocycles. The van der Waals surface area contributed by atoms with Crippen LogP contribution in [0.25, 0.3) is 0 Å². The van der Waals surface area contributed by atoms with E-state index in [1.54, 1.807) is 7.11 Å². The lowest BCUT2D eigenvalue weighted by Gasteiger charge is -2.29. The van der Waals surface area contributed by atoms with E-state index in [0.29, 0.717) is 12.8 Å². The van der Waals surface area contributed by atoms with Gasteiger partial charge in [-0.1, -0.05) is 168 Å². The fraction of sp³-hybridized carbons (Fsp3) is 0.972. The van der Waals surface area contributed by atoms with E-state index in [-0.39, 0.29) is 19.3 Å². The molecule has 0 aliphatic heterocycles. The summed E-state index contributed by atoms with van der Waals surface area (Å²) in [6.07, 6.45) is 31.5. The van der Waals surface area contributed by atoms with E-state index in [0.717, 1.165) is 25.7 Å². The lowest BCUT2D eigenvalue weighted by atomic mass is 9.99. The molecule has 0 aromatic heterocycles. The molecule has 0 heterocycles. The van der Waals surface area contributed by atoms with Crippen molar-refractivity contribution in [2.45, 2.75) is 205 Å². The Morgan fingerprint density at radius 2 is 1.00 bits per heavy atom. The first-order chi connectivity index (χ1) is 20.6. The van der Waals surface area contributed by atoms with Gasteiger partial charge in [0.2, 0.25) is 5.91 Å². The topological polar surface area (TPSA) is 88.0 Å². The highest BCUT2D eigenvalue weighted by Crippen LogP contribution is 2.17. The lowest BCUT2D eigenvalue weighted by molar-refractivity contribution is -0.134. The van der Waals surface area contributed by atoms with Crippen molar-refractivity contribution >= 4 is 5.91 Å².